The molecule has 0 unspecified atom stereocenters. The van der Waals surface area contributed by atoms with Gasteiger partial charge in [-0.1, -0.05) is 25.3 Å². The summed E-state index contributed by atoms with van der Waals surface area (Å²) >= 11 is 0. The average Bonchev–Trinajstić information content (AvgIpc) is 1.37. The van der Waals surface area contributed by atoms with Gasteiger partial charge in [-0.15, -0.1) is 24.8 Å². The van der Waals surface area contributed by atoms with E-state index in [4.69, 9.17) is 0 Å². The van der Waals surface area contributed by atoms with Crippen LogP contribution in [0.5, 0.6) is 0 Å². The Balaban J connectivity index is -0.0000000150. The summed E-state index contributed by atoms with van der Waals surface area (Å²) in [4.78, 5) is 0. The average molecular weight is 204 g/mol. The van der Waals surface area contributed by atoms with E-state index in [1.54, 1.807) is 12.2 Å². The summed E-state index contributed by atoms with van der Waals surface area (Å²) in [5.41, 5.74) is 0. The Morgan fingerprint density at radius 2 is 1.00 bits per heavy atom. The van der Waals surface area contributed by atoms with Gasteiger partial charge in [0.05, 0.1) is 0 Å². The molecule has 46 valence electrons. The van der Waals surface area contributed by atoms with Crippen LogP contribution in [0.3, 0.4) is 0 Å². The molecular formula is C4H12Cl2Ge. The summed E-state index contributed by atoms with van der Waals surface area (Å²) in [5.74, 6) is 0. The van der Waals surface area contributed by atoms with Crippen molar-refractivity contribution < 1.29 is 0 Å². The van der Waals surface area contributed by atoms with Crippen LogP contribution in [0.2, 0.25) is 0 Å². The summed E-state index contributed by atoms with van der Waals surface area (Å²) in [6, 6.07) is 0. The Hall–Kier alpha value is 0.603. The van der Waals surface area contributed by atoms with Crippen LogP contribution in [0, 0.1) is 0 Å². The molecule has 0 bridgehead atoms. The van der Waals surface area contributed by atoms with Gasteiger partial charge in [0.15, 0.2) is 0 Å². The van der Waals surface area contributed by atoms with Crippen LogP contribution < -0.4 is 0 Å². The van der Waals surface area contributed by atoms with Crippen molar-refractivity contribution in [3.63, 3.8) is 0 Å². The molecule has 0 aromatic carbocycles. The molecule has 0 N–H and O–H groups in total. The molecule has 0 aromatic heterocycles. The summed E-state index contributed by atoms with van der Waals surface area (Å²) < 4.78 is 0. The monoisotopic (exact) mass is 204 g/mol. The molecule has 0 nitrogen and oxygen atoms in total. The SMILES string of the molecule is C=CC=C.Cl.Cl.[GeH4]. The summed E-state index contributed by atoms with van der Waals surface area (Å²) in [6.45, 7) is 6.72. The van der Waals surface area contributed by atoms with Gasteiger partial charge in [0, 0.05) is 0 Å². The maximum absolute atomic E-state index is 3.36. The first-order chi connectivity index (χ1) is 1.91. The quantitative estimate of drug-likeness (QED) is 0.436. The number of halogens is 2. The second-order valence-electron chi connectivity index (χ2n) is 0.471. The molecular weight excluding hydrogens is 192 g/mol. The number of hydrogen-bond donors (Lipinski definition) is 0. The van der Waals surface area contributed by atoms with Crippen LogP contribution in [-0.4, -0.2) is 17.6 Å². The fourth-order valence-electron chi connectivity index (χ4n) is 0. The Bertz CT molecular complexity index is 30.7. The van der Waals surface area contributed by atoms with Crippen molar-refractivity contribution in [2.75, 3.05) is 0 Å². The van der Waals surface area contributed by atoms with E-state index < -0.39 is 0 Å². The van der Waals surface area contributed by atoms with Crippen molar-refractivity contribution in [3.05, 3.63) is 25.3 Å². The van der Waals surface area contributed by atoms with Crippen molar-refractivity contribution >= 4 is 42.4 Å². The first-order valence-electron chi connectivity index (χ1n) is 1.15. The molecule has 0 saturated carbocycles. The van der Waals surface area contributed by atoms with Crippen LogP contribution in [0.15, 0.2) is 25.3 Å². The van der Waals surface area contributed by atoms with Gasteiger partial charge in [-0.05, 0) is 0 Å². The summed E-state index contributed by atoms with van der Waals surface area (Å²) in [7, 11) is 0. The molecule has 0 aliphatic rings. The molecule has 0 aliphatic heterocycles. The topological polar surface area (TPSA) is 0 Å². The number of hydrogen-bond acceptors (Lipinski definition) is 0. The third-order valence-electron chi connectivity index (χ3n) is 0.167. The fourth-order valence-corrected chi connectivity index (χ4v) is 0. The maximum atomic E-state index is 3.36. The van der Waals surface area contributed by atoms with Crippen LogP contribution in [0.4, 0.5) is 0 Å². The molecule has 0 radical (unpaired) electrons. The van der Waals surface area contributed by atoms with Crippen molar-refractivity contribution in [2.24, 2.45) is 0 Å². The van der Waals surface area contributed by atoms with Crippen LogP contribution >= 0.6 is 24.8 Å². The third kappa shape index (κ3) is 54.4. The number of allylic oxidation sites excluding steroid dienone is 2. The van der Waals surface area contributed by atoms with E-state index in [1.807, 2.05) is 0 Å². The summed E-state index contributed by atoms with van der Waals surface area (Å²) in [5, 5.41) is 0. The minimum atomic E-state index is 0. The van der Waals surface area contributed by atoms with Gasteiger partial charge >= 0.3 is 17.6 Å². The number of rotatable bonds is 1. The first-order valence-corrected chi connectivity index (χ1v) is 1.15. The standard InChI is InChI=1S/C4H6.2ClH.GeH4/c1-3-4-2;;;/h3-4H,1-2H2;2*1H;1H4. The van der Waals surface area contributed by atoms with Crippen molar-refractivity contribution in [1.82, 2.24) is 0 Å². The van der Waals surface area contributed by atoms with E-state index in [1.165, 1.54) is 0 Å². The van der Waals surface area contributed by atoms with Crippen molar-refractivity contribution in [3.8, 4) is 0 Å². The zero-order valence-corrected chi connectivity index (χ0v) is 5.02. The van der Waals surface area contributed by atoms with Gasteiger partial charge in [-0.2, -0.15) is 0 Å². The molecule has 7 heavy (non-hydrogen) atoms. The zero-order valence-electron chi connectivity index (χ0n) is 3.39. The second kappa shape index (κ2) is 30.6. The zero-order chi connectivity index (χ0) is 3.41. The Labute approximate surface area is 67.9 Å². The molecule has 0 spiro atoms. The Kier molecular flexibility index (Phi) is 112. The normalized spacial score (nSPS) is 2.86. The van der Waals surface area contributed by atoms with E-state index in [2.05, 4.69) is 13.2 Å². The van der Waals surface area contributed by atoms with E-state index >= 15 is 0 Å². The van der Waals surface area contributed by atoms with Gasteiger partial charge in [0.2, 0.25) is 0 Å². The fraction of sp³-hybridized carbons (Fsp3) is 0. The molecule has 0 rings (SSSR count). The van der Waals surface area contributed by atoms with Gasteiger partial charge in [-0.3, -0.25) is 0 Å². The molecule has 0 saturated heterocycles. The second-order valence-corrected chi connectivity index (χ2v) is 0.471. The van der Waals surface area contributed by atoms with Gasteiger partial charge in [0.25, 0.3) is 0 Å². The predicted octanol–water partition coefficient (Wildman–Crippen LogP) is 0.750. The first kappa shape index (κ1) is 25.5. The third-order valence-corrected chi connectivity index (χ3v) is 0.167. The van der Waals surface area contributed by atoms with Gasteiger partial charge < -0.3 is 0 Å². The molecule has 0 amide bonds. The van der Waals surface area contributed by atoms with Crippen molar-refractivity contribution in [1.29, 1.82) is 0 Å². The van der Waals surface area contributed by atoms with Gasteiger partial charge in [-0.25, -0.2) is 0 Å². The Morgan fingerprint density at radius 1 is 0.857 bits per heavy atom. The van der Waals surface area contributed by atoms with Crippen LogP contribution in [0.1, 0.15) is 0 Å². The van der Waals surface area contributed by atoms with E-state index in [-0.39, 0.29) is 42.4 Å². The molecule has 3 heteroatoms. The van der Waals surface area contributed by atoms with E-state index in [0.717, 1.165) is 0 Å². The molecule has 0 aromatic rings. The molecule has 0 heterocycles. The predicted molar refractivity (Wildman–Crippen MR) is 46.2 cm³/mol. The van der Waals surface area contributed by atoms with E-state index in [0.29, 0.717) is 0 Å². The van der Waals surface area contributed by atoms with Crippen LogP contribution in [-0.2, 0) is 0 Å². The molecule has 0 aliphatic carbocycles. The van der Waals surface area contributed by atoms with Crippen molar-refractivity contribution in [2.45, 2.75) is 0 Å². The summed E-state index contributed by atoms with van der Waals surface area (Å²) in [6.07, 6.45) is 3.28. The Morgan fingerprint density at radius 3 is 1.00 bits per heavy atom. The van der Waals surface area contributed by atoms with Gasteiger partial charge in [0.1, 0.15) is 0 Å². The van der Waals surface area contributed by atoms with Crippen LogP contribution in [0.25, 0.3) is 0 Å². The minimum absolute atomic E-state index is 0. The molecule has 0 fully saturated rings. The molecule has 0 atom stereocenters. The van der Waals surface area contributed by atoms with E-state index in [9.17, 15) is 0 Å².